The van der Waals surface area contributed by atoms with Crippen LogP contribution in [0.1, 0.15) is 13.7 Å². The van der Waals surface area contributed by atoms with Gasteiger partial charge >= 0.3 is 0 Å². The summed E-state index contributed by atoms with van der Waals surface area (Å²) in [6, 6.07) is 26.1. The maximum Gasteiger partial charge on any atom is 0.238 e. The highest BCUT2D eigenvalue weighted by molar-refractivity contribution is 6.21. The second-order valence-electron chi connectivity index (χ2n) is 11.3. The average Bonchev–Trinajstić information content (AvgIpc) is 3.84. The summed E-state index contributed by atoms with van der Waals surface area (Å²) in [7, 11) is 0. The van der Waals surface area contributed by atoms with Crippen LogP contribution >= 0.6 is 0 Å². The third-order valence-corrected chi connectivity index (χ3v) is 8.56. The first-order valence-corrected chi connectivity index (χ1v) is 15.2. The van der Waals surface area contributed by atoms with Crippen LogP contribution in [0.5, 0.6) is 0 Å². The van der Waals surface area contributed by atoms with Crippen molar-refractivity contribution in [2.24, 2.45) is 0 Å². The molecular formula is C43H26N4O. The van der Waals surface area contributed by atoms with Crippen molar-refractivity contribution in [3.05, 3.63) is 157 Å². The molecule has 10 rings (SSSR count). The van der Waals surface area contributed by atoms with E-state index in [4.69, 9.17) is 30.3 Å². The van der Waals surface area contributed by atoms with Gasteiger partial charge in [-0.3, -0.25) is 4.57 Å². The van der Waals surface area contributed by atoms with Gasteiger partial charge in [-0.2, -0.15) is 9.97 Å². The van der Waals surface area contributed by atoms with Crippen LogP contribution < -0.4 is 0 Å². The molecule has 0 aliphatic rings. The van der Waals surface area contributed by atoms with Crippen molar-refractivity contribution in [2.45, 2.75) is 0 Å². The van der Waals surface area contributed by atoms with E-state index in [0.717, 1.165) is 21.9 Å². The normalized spacial score (nSPS) is 14.7. The zero-order chi connectivity index (χ0) is 40.3. The molecule has 5 nitrogen and oxygen atoms in total. The number of benzene rings is 7. The fourth-order valence-corrected chi connectivity index (χ4v) is 6.35. The van der Waals surface area contributed by atoms with Crippen molar-refractivity contribution in [3.63, 3.8) is 0 Å². The molecule has 0 atom stereocenters. The first-order chi connectivity index (χ1) is 28.0. The van der Waals surface area contributed by atoms with Gasteiger partial charge in [0.1, 0.15) is 11.1 Å². The van der Waals surface area contributed by atoms with E-state index in [-0.39, 0.29) is 61.3 Å². The fraction of sp³-hybridized carbons (Fsp3) is 0. The van der Waals surface area contributed by atoms with Crippen LogP contribution in [0.25, 0.3) is 94.4 Å². The van der Waals surface area contributed by atoms with Gasteiger partial charge in [-0.15, -0.1) is 0 Å². The van der Waals surface area contributed by atoms with E-state index in [0.29, 0.717) is 11.1 Å². The van der Waals surface area contributed by atoms with Gasteiger partial charge in [-0.1, -0.05) is 139 Å². The molecule has 0 radical (unpaired) electrons. The predicted octanol–water partition coefficient (Wildman–Crippen LogP) is 11.0. The lowest BCUT2D eigenvalue weighted by Crippen LogP contribution is -2.06. The smallest absolute Gasteiger partial charge is 0.238 e. The van der Waals surface area contributed by atoms with Crippen molar-refractivity contribution in [1.82, 2.24) is 19.5 Å². The molecule has 10 aromatic rings. The molecule has 0 aliphatic heterocycles. The molecule has 5 heteroatoms. The van der Waals surface area contributed by atoms with Gasteiger partial charge < -0.3 is 4.42 Å². The van der Waals surface area contributed by atoms with Crippen molar-refractivity contribution in [2.75, 3.05) is 0 Å². The summed E-state index contributed by atoms with van der Waals surface area (Å²) in [5.74, 6) is 0.372. The quantitative estimate of drug-likeness (QED) is 0.195. The number of hydrogen-bond acceptors (Lipinski definition) is 4. The van der Waals surface area contributed by atoms with Crippen molar-refractivity contribution < 1.29 is 18.1 Å². The van der Waals surface area contributed by atoms with Crippen LogP contribution in [0.4, 0.5) is 0 Å². The zero-order valence-corrected chi connectivity index (χ0v) is 24.9. The molecule has 0 saturated heterocycles. The largest absolute Gasteiger partial charge is 0.454 e. The minimum atomic E-state index is -0.556. The molecule has 0 saturated carbocycles. The van der Waals surface area contributed by atoms with Crippen LogP contribution in [0.15, 0.2) is 162 Å². The lowest BCUT2D eigenvalue weighted by molar-refractivity contribution is 0.670. The van der Waals surface area contributed by atoms with Crippen molar-refractivity contribution >= 4 is 54.5 Å². The van der Waals surface area contributed by atoms with E-state index in [1.54, 1.807) is 0 Å². The lowest BCUT2D eigenvalue weighted by Gasteiger charge is -2.12. The van der Waals surface area contributed by atoms with Gasteiger partial charge in [0.15, 0.2) is 17.2 Å². The number of fused-ring (bicyclic) bond motifs is 8. The highest BCUT2D eigenvalue weighted by Gasteiger charge is 2.22. The van der Waals surface area contributed by atoms with Crippen molar-refractivity contribution in [1.29, 1.82) is 0 Å². The van der Waals surface area contributed by atoms with Crippen LogP contribution in [0.3, 0.4) is 0 Å². The maximum absolute atomic E-state index is 9.31. The maximum atomic E-state index is 9.31. The van der Waals surface area contributed by atoms with Crippen molar-refractivity contribution in [3.8, 4) is 39.9 Å². The first-order valence-electron chi connectivity index (χ1n) is 20.2. The standard InChI is InChI=1S/C43H26N4O/c1-2-12-29(13-3-1)41-44-42(30-23-21-28(22-24-30)32-18-10-14-27-11-4-5-15-31(27)32)46-43(45-41)47-37-19-8-6-16-33(37)35-25-26-36-34-17-7-9-20-38(34)48-40(36)39(35)47/h1-26H/i6D,7D,8D,9D,16D,17D,19D,20D,25D,26D. The van der Waals surface area contributed by atoms with Gasteiger partial charge in [0.05, 0.1) is 19.2 Å². The second kappa shape index (κ2) is 10.5. The molecule has 0 bridgehead atoms. The Morgan fingerprint density at radius 3 is 2.02 bits per heavy atom. The minimum Gasteiger partial charge on any atom is -0.454 e. The van der Waals surface area contributed by atoms with Crippen LogP contribution in [0.2, 0.25) is 0 Å². The number of para-hydroxylation sites is 2. The lowest BCUT2D eigenvalue weighted by atomic mass is 9.97. The van der Waals surface area contributed by atoms with Gasteiger partial charge in [-0.25, -0.2) is 4.98 Å². The minimum absolute atomic E-state index is 0.00599. The Morgan fingerprint density at radius 2 is 1.17 bits per heavy atom. The summed E-state index contributed by atoms with van der Waals surface area (Å²) >= 11 is 0. The first kappa shape index (κ1) is 18.5. The average molecular weight is 625 g/mol. The van der Waals surface area contributed by atoms with Gasteiger partial charge in [-0.05, 0) is 40.0 Å². The summed E-state index contributed by atoms with van der Waals surface area (Å²) < 4.78 is 95.7. The van der Waals surface area contributed by atoms with E-state index in [9.17, 15) is 2.74 Å². The zero-order valence-electron chi connectivity index (χ0n) is 34.9. The Kier molecular flexibility index (Phi) is 4.04. The van der Waals surface area contributed by atoms with Gasteiger partial charge in [0, 0.05) is 32.7 Å². The predicted molar refractivity (Wildman–Crippen MR) is 195 cm³/mol. The van der Waals surface area contributed by atoms with Gasteiger partial charge in [0.25, 0.3) is 0 Å². The topological polar surface area (TPSA) is 56.7 Å². The summed E-state index contributed by atoms with van der Waals surface area (Å²) in [4.78, 5) is 14.7. The Labute approximate surface area is 289 Å². The number of aromatic nitrogens is 4. The van der Waals surface area contributed by atoms with Crippen LogP contribution in [-0.2, 0) is 0 Å². The van der Waals surface area contributed by atoms with Crippen LogP contribution in [-0.4, -0.2) is 19.5 Å². The highest BCUT2D eigenvalue weighted by Crippen LogP contribution is 2.40. The van der Waals surface area contributed by atoms with Crippen LogP contribution in [0, 0.1) is 0 Å². The molecule has 0 spiro atoms. The molecule has 0 amide bonds. The Hall–Kier alpha value is -6.59. The van der Waals surface area contributed by atoms with E-state index < -0.39 is 60.4 Å². The van der Waals surface area contributed by atoms with E-state index >= 15 is 0 Å². The van der Waals surface area contributed by atoms with E-state index in [1.807, 2.05) is 72.8 Å². The molecule has 48 heavy (non-hydrogen) atoms. The van der Waals surface area contributed by atoms with Gasteiger partial charge in [0.2, 0.25) is 5.95 Å². The monoisotopic (exact) mass is 624 g/mol. The molecule has 3 aromatic heterocycles. The fourth-order valence-electron chi connectivity index (χ4n) is 6.35. The molecule has 7 aromatic carbocycles. The Bertz CT molecular complexity index is 3400. The third-order valence-electron chi connectivity index (χ3n) is 8.56. The molecular weight excluding hydrogens is 589 g/mol. The summed E-state index contributed by atoms with van der Waals surface area (Å²) in [5, 5.41) is 1.87. The third kappa shape index (κ3) is 4.08. The summed E-state index contributed by atoms with van der Waals surface area (Å²) in [5.41, 5.74) is 2.76. The molecule has 0 unspecified atom stereocenters. The Balaban J connectivity index is 1.33. The number of hydrogen-bond donors (Lipinski definition) is 0. The van der Waals surface area contributed by atoms with E-state index in [2.05, 4.69) is 24.3 Å². The summed E-state index contributed by atoms with van der Waals surface area (Å²) in [6.45, 7) is 0. The molecule has 224 valence electrons. The molecule has 0 aliphatic carbocycles. The Morgan fingerprint density at radius 1 is 0.500 bits per heavy atom. The molecule has 0 N–H and O–H groups in total. The SMILES string of the molecule is [2H]c1c([2H])c([2H])c2c(oc3c2c([2H])c([2H])c2c4c([2H])c([2H])c([2H])c([2H])c4n(-c4nc(-c5ccccc5)nc(-c5ccc(-c6cccc7ccccc67)cc5)n4)c32)c1[2H]. The second-order valence-corrected chi connectivity index (χ2v) is 11.3. The number of furan rings is 1. The summed E-state index contributed by atoms with van der Waals surface area (Å²) in [6.07, 6.45) is 0. The highest BCUT2D eigenvalue weighted by atomic mass is 16.3. The molecule has 0 fully saturated rings. The number of rotatable bonds is 4. The molecule has 3 heterocycles. The van der Waals surface area contributed by atoms with E-state index in [1.165, 1.54) is 4.57 Å². The number of nitrogens with zero attached hydrogens (tertiary/aromatic N) is 4.